The number of amides is 2. The zero-order valence-electron chi connectivity index (χ0n) is 13.7. The Morgan fingerprint density at radius 3 is 2.74 bits per heavy atom. The molecule has 2 amide bonds. The molecule has 3 rings (SSSR count). The second-order valence-electron chi connectivity index (χ2n) is 6.81. The van der Waals surface area contributed by atoms with Crippen LogP contribution in [-0.2, 0) is 9.59 Å². The van der Waals surface area contributed by atoms with Crippen LogP contribution in [0.5, 0.6) is 0 Å². The maximum atomic E-state index is 12.2. The predicted molar refractivity (Wildman–Crippen MR) is 92.5 cm³/mol. The molecule has 0 atom stereocenters. The van der Waals surface area contributed by atoms with Gasteiger partial charge in [0.2, 0.25) is 11.8 Å². The second kappa shape index (κ2) is 7.62. The summed E-state index contributed by atoms with van der Waals surface area (Å²) in [5.41, 5.74) is 1.69. The van der Waals surface area contributed by atoms with Gasteiger partial charge in [-0.25, -0.2) is 0 Å². The molecule has 0 unspecified atom stereocenters. The SMILES string of the molecule is O=C(CC1CCCCC1)Nc1cccc(N2CCCCC2=O)c1. The molecule has 1 aromatic carbocycles. The normalized spacial score (nSPS) is 19.7. The standard InChI is InChI=1S/C19H26N2O2/c22-18(13-15-7-2-1-3-8-15)20-16-9-6-10-17(14-16)21-12-5-4-11-19(21)23/h6,9-10,14-15H,1-5,7-8,11-13H2,(H,20,22). The molecule has 23 heavy (non-hydrogen) atoms. The van der Waals surface area contributed by atoms with Gasteiger partial charge in [0.25, 0.3) is 0 Å². The van der Waals surface area contributed by atoms with Gasteiger partial charge in [-0.2, -0.15) is 0 Å². The van der Waals surface area contributed by atoms with Crippen LogP contribution >= 0.6 is 0 Å². The van der Waals surface area contributed by atoms with Gasteiger partial charge in [-0.1, -0.05) is 25.3 Å². The lowest BCUT2D eigenvalue weighted by atomic mass is 9.87. The summed E-state index contributed by atoms with van der Waals surface area (Å²) in [5.74, 6) is 0.816. The maximum Gasteiger partial charge on any atom is 0.226 e. The van der Waals surface area contributed by atoms with E-state index in [9.17, 15) is 9.59 Å². The molecule has 0 radical (unpaired) electrons. The number of carbonyl (C=O) groups is 2. The summed E-state index contributed by atoms with van der Waals surface area (Å²) in [6, 6.07) is 7.67. The Hall–Kier alpha value is -1.84. The summed E-state index contributed by atoms with van der Waals surface area (Å²) in [7, 11) is 0. The molecule has 1 aliphatic heterocycles. The maximum absolute atomic E-state index is 12.2. The summed E-state index contributed by atoms with van der Waals surface area (Å²) in [4.78, 5) is 26.1. The Kier molecular flexibility index (Phi) is 5.31. The lowest BCUT2D eigenvalue weighted by Crippen LogP contribution is -2.35. The lowest BCUT2D eigenvalue weighted by molar-refractivity contribution is -0.119. The average Bonchev–Trinajstić information content (AvgIpc) is 2.56. The van der Waals surface area contributed by atoms with Crippen molar-refractivity contribution in [3.05, 3.63) is 24.3 Å². The number of rotatable bonds is 4. The largest absolute Gasteiger partial charge is 0.326 e. The van der Waals surface area contributed by atoms with Crippen molar-refractivity contribution in [1.29, 1.82) is 0 Å². The highest BCUT2D eigenvalue weighted by Gasteiger charge is 2.20. The van der Waals surface area contributed by atoms with Crippen molar-refractivity contribution >= 4 is 23.2 Å². The van der Waals surface area contributed by atoms with E-state index < -0.39 is 0 Å². The molecule has 0 aromatic heterocycles. The molecular weight excluding hydrogens is 288 g/mol. The average molecular weight is 314 g/mol. The fourth-order valence-electron chi connectivity index (χ4n) is 3.70. The van der Waals surface area contributed by atoms with E-state index >= 15 is 0 Å². The van der Waals surface area contributed by atoms with E-state index in [1.165, 1.54) is 32.1 Å². The molecular formula is C19H26N2O2. The first kappa shape index (κ1) is 16.0. The first-order chi connectivity index (χ1) is 11.2. The molecule has 4 heteroatoms. The van der Waals surface area contributed by atoms with Gasteiger partial charge in [0.1, 0.15) is 0 Å². The van der Waals surface area contributed by atoms with Crippen LogP contribution in [0.25, 0.3) is 0 Å². The van der Waals surface area contributed by atoms with E-state index in [4.69, 9.17) is 0 Å². The summed E-state index contributed by atoms with van der Waals surface area (Å²) < 4.78 is 0. The van der Waals surface area contributed by atoms with Gasteiger partial charge in [0.15, 0.2) is 0 Å². The highest BCUT2D eigenvalue weighted by Crippen LogP contribution is 2.27. The van der Waals surface area contributed by atoms with Crippen LogP contribution in [0.3, 0.4) is 0 Å². The minimum atomic E-state index is 0.0963. The smallest absolute Gasteiger partial charge is 0.226 e. The fourth-order valence-corrected chi connectivity index (χ4v) is 3.70. The van der Waals surface area contributed by atoms with Gasteiger partial charge in [-0.05, 0) is 49.8 Å². The van der Waals surface area contributed by atoms with Gasteiger partial charge in [-0.3, -0.25) is 9.59 Å². The van der Waals surface area contributed by atoms with Crippen molar-refractivity contribution in [1.82, 2.24) is 0 Å². The third-order valence-corrected chi connectivity index (χ3v) is 4.96. The van der Waals surface area contributed by atoms with E-state index in [0.717, 1.165) is 30.8 Å². The molecule has 124 valence electrons. The van der Waals surface area contributed by atoms with Crippen LogP contribution < -0.4 is 10.2 Å². The van der Waals surface area contributed by atoms with Crippen molar-refractivity contribution < 1.29 is 9.59 Å². The molecule has 0 spiro atoms. The number of hydrogen-bond donors (Lipinski definition) is 1. The van der Waals surface area contributed by atoms with Crippen LogP contribution in [0.4, 0.5) is 11.4 Å². The topological polar surface area (TPSA) is 49.4 Å². The number of hydrogen-bond acceptors (Lipinski definition) is 2. The van der Waals surface area contributed by atoms with Crippen molar-refractivity contribution in [2.24, 2.45) is 5.92 Å². The molecule has 1 saturated heterocycles. The third kappa shape index (κ3) is 4.34. The quantitative estimate of drug-likeness (QED) is 0.909. The number of nitrogens with zero attached hydrogens (tertiary/aromatic N) is 1. The summed E-state index contributed by atoms with van der Waals surface area (Å²) in [6.45, 7) is 0.776. The van der Waals surface area contributed by atoms with Crippen LogP contribution in [0.2, 0.25) is 0 Å². The van der Waals surface area contributed by atoms with Gasteiger partial charge < -0.3 is 10.2 Å². The summed E-state index contributed by atoms with van der Waals surface area (Å²) in [5, 5.41) is 3.01. The highest BCUT2D eigenvalue weighted by atomic mass is 16.2. The number of nitrogens with one attached hydrogen (secondary N) is 1. The molecule has 1 N–H and O–H groups in total. The Morgan fingerprint density at radius 1 is 1.13 bits per heavy atom. The minimum Gasteiger partial charge on any atom is -0.326 e. The highest BCUT2D eigenvalue weighted by molar-refractivity contribution is 5.96. The van der Waals surface area contributed by atoms with Gasteiger partial charge in [0.05, 0.1) is 0 Å². The number of benzene rings is 1. The van der Waals surface area contributed by atoms with Crippen LogP contribution in [0.1, 0.15) is 57.8 Å². The van der Waals surface area contributed by atoms with Crippen LogP contribution in [0, 0.1) is 5.92 Å². The molecule has 0 bridgehead atoms. The van der Waals surface area contributed by atoms with E-state index in [-0.39, 0.29) is 11.8 Å². The first-order valence-corrected chi connectivity index (χ1v) is 8.92. The Bertz CT molecular complexity index is 564. The summed E-state index contributed by atoms with van der Waals surface area (Å²) >= 11 is 0. The van der Waals surface area contributed by atoms with Crippen LogP contribution in [-0.4, -0.2) is 18.4 Å². The lowest BCUT2D eigenvalue weighted by Gasteiger charge is -2.27. The number of carbonyl (C=O) groups excluding carboxylic acids is 2. The Balaban J connectivity index is 1.60. The second-order valence-corrected chi connectivity index (χ2v) is 6.81. The zero-order chi connectivity index (χ0) is 16.1. The Labute approximate surface area is 138 Å². The van der Waals surface area contributed by atoms with Gasteiger partial charge >= 0.3 is 0 Å². The van der Waals surface area contributed by atoms with Crippen molar-refractivity contribution in [3.8, 4) is 0 Å². The first-order valence-electron chi connectivity index (χ1n) is 8.92. The fraction of sp³-hybridized carbons (Fsp3) is 0.579. The molecule has 2 fully saturated rings. The summed E-state index contributed by atoms with van der Waals surface area (Å²) in [6.07, 6.45) is 9.44. The number of anilines is 2. The van der Waals surface area contributed by atoms with Gasteiger partial charge in [-0.15, -0.1) is 0 Å². The van der Waals surface area contributed by atoms with E-state index in [0.29, 0.717) is 18.8 Å². The van der Waals surface area contributed by atoms with E-state index in [1.54, 1.807) is 0 Å². The minimum absolute atomic E-state index is 0.0963. The molecule has 1 aromatic rings. The third-order valence-electron chi connectivity index (χ3n) is 4.96. The predicted octanol–water partition coefficient (Wildman–Crippen LogP) is 4.11. The van der Waals surface area contributed by atoms with E-state index in [1.807, 2.05) is 29.2 Å². The van der Waals surface area contributed by atoms with E-state index in [2.05, 4.69) is 5.32 Å². The zero-order valence-corrected chi connectivity index (χ0v) is 13.7. The number of piperidine rings is 1. The van der Waals surface area contributed by atoms with Gasteiger partial charge in [0, 0.05) is 30.8 Å². The van der Waals surface area contributed by atoms with Crippen molar-refractivity contribution in [2.75, 3.05) is 16.8 Å². The van der Waals surface area contributed by atoms with Crippen molar-refractivity contribution in [3.63, 3.8) is 0 Å². The molecule has 1 heterocycles. The monoisotopic (exact) mass is 314 g/mol. The van der Waals surface area contributed by atoms with Crippen LogP contribution in [0.15, 0.2) is 24.3 Å². The Morgan fingerprint density at radius 2 is 1.96 bits per heavy atom. The molecule has 2 aliphatic rings. The molecule has 1 aliphatic carbocycles. The molecule has 1 saturated carbocycles. The molecule has 4 nitrogen and oxygen atoms in total. The van der Waals surface area contributed by atoms with Crippen molar-refractivity contribution in [2.45, 2.75) is 57.8 Å².